The molecule has 0 amide bonds. The van der Waals surface area contributed by atoms with E-state index in [4.69, 9.17) is 9.52 Å². The van der Waals surface area contributed by atoms with E-state index < -0.39 is 5.97 Å². The van der Waals surface area contributed by atoms with E-state index in [1.165, 1.54) is 17.7 Å². The first-order valence-electron chi connectivity index (χ1n) is 7.30. The standard InChI is InChI=1S/C17H19NO3/c1-12-10-14(21-16(12)17(19)20)11-18-9-5-4-7-13-6-2-3-8-15(13)18/h2-3,6,8,10H,4-5,7,9,11H2,1H3,(H,19,20). The molecule has 1 aliphatic rings. The third-order valence-corrected chi connectivity index (χ3v) is 3.97. The first-order valence-corrected chi connectivity index (χ1v) is 7.30. The largest absolute Gasteiger partial charge is 0.475 e. The van der Waals surface area contributed by atoms with Crippen LogP contribution in [-0.4, -0.2) is 17.6 Å². The Kier molecular flexibility index (Phi) is 3.69. The number of nitrogens with zero attached hydrogens (tertiary/aromatic N) is 1. The van der Waals surface area contributed by atoms with Crippen LogP contribution in [0.1, 0.15) is 40.3 Å². The van der Waals surface area contributed by atoms with Gasteiger partial charge in [-0.15, -0.1) is 0 Å². The van der Waals surface area contributed by atoms with Crippen molar-refractivity contribution in [2.24, 2.45) is 0 Å². The molecule has 0 saturated heterocycles. The van der Waals surface area contributed by atoms with Crippen molar-refractivity contribution in [3.8, 4) is 0 Å². The lowest BCUT2D eigenvalue weighted by molar-refractivity contribution is 0.0659. The zero-order chi connectivity index (χ0) is 14.8. The van der Waals surface area contributed by atoms with Gasteiger partial charge in [-0.3, -0.25) is 0 Å². The quantitative estimate of drug-likeness (QED) is 0.935. The predicted octanol–water partition coefficient (Wildman–Crippen LogP) is 3.63. The summed E-state index contributed by atoms with van der Waals surface area (Å²) < 4.78 is 5.49. The highest BCUT2D eigenvalue weighted by molar-refractivity contribution is 5.86. The average Bonchev–Trinajstić information content (AvgIpc) is 2.71. The lowest BCUT2D eigenvalue weighted by Crippen LogP contribution is -2.23. The van der Waals surface area contributed by atoms with Gasteiger partial charge in [0.15, 0.2) is 0 Å². The fourth-order valence-electron chi connectivity index (χ4n) is 2.96. The van der Waals surface area contributed by atoms with Crippen LogP contribution in [0, 0.1) is 6.92 Å². The third-order valence-electron chi connectivity index (χ3n) is 3.97. The highest BCUT2D eigenvalue weighted by Gasteiger charge is 2.19. The normalized spacial score (nSPS) is 14.6. The van der Waals surface area contributed by atoms with Crippen molar-refractivity contribution >= 4 is 11.7 Å². The average molecular weight is 285 g/mol. The lowest BCUT2D eigenvalue weighted by Gasteiger charge is -2.23. The van der Waals surface area contributed by atoms with Gasteiger partial charge in [-0.05, 0) is 43.9 Å². The summed E-state index contributed by atoms with van der Waals surface area (Å²) in [6.45, 7) is 3.36. The smallest absolute Gasteiger partial charge is 0.372 e. The first-order chi connectivity index (χ1) is 10.1. The number of carboxylic acids is 1. The van der Waals surface area contributed by atoms with E-state index in [-0.39, 0.29) is 5.76 Å². The molecular formula is C17H19NO3. The number of para-hydroxylation sites is 1. The summed E-state index contributed by atoms with van der Waals surface area (Å²) in [6.07, 6.45) is 3.43. The monoisotopic (exact) mass is 285 g/mol. The Morgan fingerprint density at radius 1 is 1.33 bits per heavy atom. The number of benzene rings is 1. The van der Waals surface area contributed by atoms with E-state index in [0.29, 0.717) is 17.9 Å². The summed E-state index contributed by atoms with van der Waals surface area (Å²) in [6, 6.07) is 10.3. The van der Waals surface area contributed by atoms with Gasteiger partial charge in [0.2, 0.25) is 5.76 Å². The maximum Gasteiger partial charge on any atom is 0.372 e. The molecule has 0 saturated carbocycles. The molecule has 21 heavy (non-hydrogen) atoms. The second kappa shape index (κ2) is 5.64. The highest BCUT2D eigenvalue weighted by atomic mass is 16.4. The van der Waals surface area contributed by atoms with Crippen LogP contribution in [0.4, 0.5) is 5.69 Å². The van der Waals surface area contributed by atoms with Crippen LogP contribution in [0.5, 0.6) is 0 Å². The molecule has 1 aliphatic heterocycles. The van der Waals surface area contributed by atoms with Gasteiger partial charge in [-0.2, -0.15) is 0 Å². The molecule has 1 N–H and O–H groups in total. The number of aryl methyl sites for hydroxylation is 2. The van der Waals surface area contributed by atoms with E-state index in [9.17, 15) is 4.79 Å². The van der Waals surface area contributed by atoms with E-state index in [1.807, 2.05) is 12.1 Å². The molecule has 1 aromatic carbocycles. The molecule has 0 unspecified atom stereocenters. The Hall–Kier alpha value is -2.23. The van der Waals surface area contributed by atoms with Crippen molar-refractivity contribution in [2.75, 3.05) is 11.4 Å². The number of hydrogen-bond donors (Lipinski definition) is 1. The molecule has 2 aromatic rings. The second-order valence-electron chi connectivity index (χ2n) is 5.54. The SMILES string of the molecule is Cc1cc(CN2CCCCc3ccccc32)oc1C(=O)O. The molecule has 1 aromatic heterocycles. The van der Waals surface area contributed by atoms with Gasteiger partial charge in [-0.1, -0.05) is 18.2 Å². The molecule has 110 valence electrons. The topological polar surface area (TPSA) is 53.7 Å². The predicted molar refractivity (Wildman–Crippen MR) is 80.8 cm³/mol. The zero-order valence-electron chi connectivity index (χ0n) is 12.1. The van der Waals surface area contributed by atoms with Crippen molar-refractivity contribution in [1.82, 2.24) is 0 Å². The number of aromatic carboxylic acids is 1. The molecule has 0 bridgehead atoms. The van der Waals surface area contributed by atoms with Crippen LogP contribution in [0.3, 0.4) is 0 Å². The van der Waals surface area contributed by atoms with E-state index in [1.54, 1.807) is 6.92 Å². The molecule has 0 atom stereocenters. The van der Waals surface area contributed by atoms with Crippen molar-refractivity contribution in [3.63, 3.8) is 0 Å². The Labute approximate surface area is 124 Å². The summed E-state index contributed by atoms with van der Waals surface area (Å²) in [4.78, 5) is 13.4. The maximum atomic E-state index is 11.1. The number of carboxylic acid groups (broad SMARTS) is 1. The number of carbonyl (C=O) groups is 1. The molecule has 4 nitrogen and oxygen atoms in total. The van der Waals surface area contributed by atoms with E-state index >= 15 is 0 Å². The fourth-order valence-corrected chi connectivity index (χ4v) is 2.96. The van der Waals surface area contributed by atoms with Crippen LogP contribution in [-0.2, 0) is 13.0 Å². The summed E-state index contributed by atoms with van der Waals surface area (Å²) in [5.74, 6) is -0.246. The van der Waals surface area contributed by atoms with Gasteiger partial charge in [0.1, 0.15) is 5.76 Å². The molecule has 4 heteroatoms. The minimum atomic E-state index is -1.00. The Morgan fingerprint density at radius 2 is 2.14 bits per heavy atom. The zero-order valence-corrected chi connectivity index (χ0v) is 12.1. The fraction of sp³-hybridized carbons (Fsp3) is 0.353. The molecule has 3 rings (SSSR count). The Morgan fingerprint density at radius 3 is 2.90 bits per heavy atom. The van der Waals surface area contributed by atoms with Crippen molar-refractivity contribution in [1.29, 1.82) is 0 Å². The molecule has 2 heterocycles. The van der Waals surface area contributed by atoms with Crippen molar-refractivity contribution in [2.45, 2.75) is 32.7 Å². The Balaban J connectivity index is 1.87. The van der Waals surface area contributed by atoms with Crippen LogP contribution in [0.2, 0.25) is 0 Å². The van der Waals surface area contributed by atoms with Gasteiger partial charge in [0, 0.05) is 17.8 Å². The van der Waals surface area contributed by atoms with Crippen molar-refractivity contribution in [3.05, 3.63) is 53.0 Å². The van der Waals surface area contributed by atoms with Gasteiger partial charge in [0.25, 0.3) is 0 Å². The van der Waals surface area contributed by atoms with Gasteiger partial charge in [-0.25, -0.2) is 4.79 Å². The Bertz CT molecular complexity index is 660. The number of hydrogen-bond acceptors (Lipinski definition) is 3. The number of furan rings is 1. The number of rotatable bonds is 3. The third kappa shape index (κ3) is 2.79. The van der Waals surface area contributed by atoms with Crippen molar-refractivity contribution < 1.29 is 14.3 Å². The highest BCUT2D eigenvalue weighted by Crippen LogP contribution is 2.28. The number of fused-ring (bicyclic) bond motifs is 1. The summed E-state index contributed by atoms with van der Waals surface area (Å²) in [7, 11) is 0. The van der Waals surface area contributed by atoms with Crippen LogP contribution >= 0.6 is 0 Å². The summed E-state index contributed by atoms with van der Waals surface area (Å²) in [5.41, 5.74) is 3.28. The lowest BCUT2D eigenvalue weighted by atomic mass is 10.1. The van der Waals surface area contributed by atoms with Crippen LogP contribution < -0.4 is 4.90 Å². The summed E-state index contributed by atoms with van der Waals surface area (Å²) >= 11 is 0. The van der Waals surface area contributed by atoms with E-state index in [0.717, 1.165) is 19.4 Å². The molecule has 0 aliphatic carbocycles. The maximum absolute atomic E-state index is 11.1. The first kappa shape index (κ1) is 13.7. The summed E-state index contributed by atoms with van der Waals surface area (Å²) in [5, 5.41) is 9.08. The molecular weight excluding hydrogens is 266 g/mol. The van der Waals surface area contributed by atoms with Gasteiger partial charge < -0.3 is 14.4 Å². The van der Waals surface area contributed by atoms with E-state index in [2.05, 4.69) is 23.1 Å². The number of anilines is 1. The van der Waals surface area contributed by atoms with Gasteiger partial charge in [0.05, 0.1) is 6.54 Å². The minimum absolute atomic E-state index is 0.0492. The van der Waals surface area contributed by atoms with Crippen LogP contribution in [0.25, 0.3) is 0 Å². The van der Waals surface area contributed by atoms with Crippen LogP contribution in [0.15, 0.2) is 34.7 Å². The minimum Gasteiger partial charge on any atom is -0.475 e. The van der Waals surface area contributed by atoms with Gasteiger partial charge >= 0.3 is 5.97 Å². The molecule has 0 fully saturated rings. The molecule has 0 spiro atoms. The second-order valence-corrected chi connectivity index (χ2v) is 5.54. The molecule has 0 radical (unpaired) electrons.